The van der Waals surface area contributed by atoms with E-state index in [1.807, 2.05) is 18.2 Å². The monoisotopic (exact) mass is 446 g/mol. The van der Waals surface area contributed by atoms with E-state index in [-0.39, 0.29) is 23.3 Å². The van der Waals surface area contributed by atoms with Crippen molar-refractivity contribution in [2.24, 2.45) is 0 Å². The summed E-state index contributed by atoms with van der Waals surface area (Å²) >= 11 is 1.35. The number of hydrogen-bond donors (Lipinski definition) is 0. The highest BCUT2D eigenvalue weighted by molar-refractivity contribution is 8.00. The number of esters is 1. The van der Waals surface area contributed by atoms with E-state index in [2.05, 4.69) is 6.07 Å². The van der Waals surface area contributed by atoms with Crippen molar-refractivity contribution in [3.63, 3.8) is 0 Å². The first kappa shape index (κ1) is 20.9. The van der Waals surface area contributed by atoms with E-state index in [4.69, 9.17) is 4.74 Å². The zero-order valence-corrected chi connectivity index (χ0v) is 17.9. The number of benzene rings is 2. The van der Waals surface area contributed by atoms with E-state index in [9.17, 15) is 18.0 Å². The normalized spacial score (nSPS) is 19.3. The maximum absolute atomic E-state index is 12.9. The SMILES string of the molecule is O=C(OCC(=O)N1CCc2ccccc2C1)[C@@H]1CSCN1S(=O)(=O)c1ccccc1. The largest absolute Gasteiger partial charge is 0.454 e. The molecule has 7 nitrogen and oxygen atoms in total. The Bertz CT molecular complexity index is 1040. The lowest BCUT2D eigenvalue weighted by atomic mass is 10.00. The second-order valence-electron chi connectivity index (χ2n) is 7.16. The average Bonchev–Trinajstić information content (AvgIpc) is 3.28. The third-order valence-electron chi connectivity index (χ3n) is 5.29. The summed E-state index contributed by atoms with van der Waals surface area (Å²) in [4.78, 5) is 26.9. The maximum Gasteiger partial charge on any atom is 0.325 e. The van der Waals surface area contributed by atoms with E-state index in [1.54, 1.807) is 23.1 Å². The van der Waals surface area contributed by atoms with Gasteiger partial charge in [-0.25, -0.2) is 8.42 Å². The van der Waals surface area contributed by atoms with Gasteiger partial charge in [-0.05, 0) is 29.7 Å². The standard InChI is InChI=1S/C21H22N2O5S2/c24-20(22-11-10-16-6-4-5-7-17(16)12-22)13-28-21(25)19-14-29-15-23(19)30(26,27)18-8-2-1-3-9-18/h1-9,19H,10-15H2/t19-/m0/s1. The first-order valence-corrected chi connectivity index (χ1v) is 12.2. The number of nitrogens with zero attached hydrogens (tertiary/aromatic N) is 2. The number of amides is 1. The van der Waals surface area contributed by atoms with Crippen LogP contribution in [0.5, 0.6) is 0 Å². The summed E-state index contributed by atoms with van der Waals surface area (Å²) < 4.78 is 32.2. The van der Waals surface area contributed by atoms with Crippen LogP contribution in [-0.2, 0) is 37.3 Å². The molecule has 4 rings (SSSR count). The molecule has 1 atom stereocenters. The van der Waals surface area contributed by atoms with Crippen LogP contribution >= 0.6 is 11.8 Å². The van der Waals surface area contributed by atoms with Crippen molar-refractivity contribution < 1.29 is 22.7 Å². The van der Waals surface area contributed by atoms with E-state index in [0.717, 1.165) is 16.3 Å². The fraction of sp³-hybridized carbons (Fsp3) is 0.333. The highest BCUT2D eigenvalue weighted by Gasteiger charge is 2.41. The number of carbonyl (C=O) groups excluding carboxylic acids is 2. The zero-order chi connectivity index (χ0) is 21.1. The van der Waals surface area contributed by atoms with Gasteiger partial charge >= 0.3 is 5.97 Å². The summed E-state index contributed by atoms with van der Waals surface area (Å²) in [5.74, 6) is -0.490. The fourth-order valence-corrected chi connectivity index (χ4v) is 6.75. The lowest BCUT2D eigenvalue weighted by molar-refractivity contribution is -0.154. The van der Waals surface area contributed by atoms with E-state index < -0.39 is 22.0 Å². The predicted octanol–water partition coefficient (Wildman–Crippen LogP) is 1.88. The van der Waals surface area contributed by atoms with Gasteiger partial charge in [0, 0.05) is 18.8 Å². The van der Waals surface area contributed by atoms with Gasteiger partial charge in [-0.15, -0.1) is 11.8 Å². The Morgan fingerprint density at radius 3 is 2.50 bits per heavy atom. The Labute approximate surface area is 180 Å². The third kappa shape index (κ3) is 4.23. The molecule has 30 heavy (non-hydrogen) atoms. The number of sulfonamides is 1. The fourth-order valence-electron chi connectivity index (χ4n) is 3.61. The van der Waals surface area contributed by atoms with Crippen molar-refractivity contribution in [2.75, 3.05) is 24.8 Å². The van der Waals surface area contributed by atoms with Crippen LogP contribution in [0.15, 0.2) is 59.5 Å². The van der Waals surface area contributed by atoms with Crippen molar-refractivity contribution in [1.29, 1.82) is 0 Å². The summed E-state index contributed by atoms with van der Waals surface area (Å²) in [7, 11) is -3.81. The van der Waals surface area contributed by atoms with E-state index in [1.165, 1.54) is 29.5 Å². The van der Waals surface area contributed by atoms with Gasteiger partial charge in [-0.1, -0.05) is 42.5 Å². The minimum atomic E-state index is -3.81. The molecule has 1 saturated heterocycles. The Morgan fingerprint density at radius 1 is 1.03 bits per heavy atom. The van der Waals surface area contributed by atoms with Gasteiger partial charge in [0.05, 0.1) is 10.8 Å². The van der Waals surface area contributed by atoms with Crippen LogP contribution in [0, 0.1) is 0 Å². The highest BCUT2D eigenvalue weighted by Crippen LogP contribution is 2.29. The Morgan fingerprint density at radius 2 is 1.73 bits per heavy atom. The molecule has 2 aromatic carbocycles. The van der Waals surface area contributed by atoms with E-state index >= 15 is 0 Å². The third-order valence-corrected chi connectivity index (χ3v) is 8.33. The maximum atomic E-state index is 12.9. The van der Waals surface area contributed by atoms with E-state index in [0.29, 0.717) is 18.8 Å². The van der Waals surface area contributed by atoms with Gasteiger partial charge in [-0.3, -0.25) is 9.59 Å². The number of thioether (sulfide) groups is 1. The minimum absolute atomic E-state index is 0.133. The lowest BCUT2D eigenvalue weighted by Gasteiger charge is -2.29. The molecule has 2 heterocycles. The molecule has 1 fully saturated rings. The minimum Gasteiger partial charge on any atom is -0.454 e. The summed E-state index contributed by atoms with van der Waals surface area (Å²) in [5.41, 5.74) is 2.32. The molecule has 2 aromatic rings. The molecule has 2 aliphatic heterocycles. The van der Waals surface area contributed by atoms with Gasteiger partial charge in [0.2, 0.25) is 10.0 Å². The van der Waals surface area contributed by atoms with Gasteiger partial charge in [0.1, 0.15) is 6.04 Å². The van der Waals surface area contributed by atoms with Crippen molar-refractivity contribution in [3.05, 3.63) is 65.7 Å². The summed E-state index contributed by atoms with van der Waals surface area (Å²) in [5, 5.41) is 0. The first-order chi connectivity index (χ1) is 14.5. The molecule has 0 aliphatic carbocycles. The second kappa shape index (κ2) is 8.79. The topological polar surface area (TPSA) is 84.0 Å². The van der Waals surface area contributed by atoms with Gasteiger partial charge in [-0.2, -0.15) is 4.31 Å². The van der Waals surface area contributed by atoms with Crippen LogP contribution in [0.3, 0.4) is 0 Å². The molecule has 2 aliphatic rings. The number of ether oxygens (including phenoxy) is 1. The Kier molecular flexibility index (Phi) is 6.12. The molecule has 0 saturated carbocycles. The van der Waals surface area contributed by atoms with Gasteiger partial charge in [0.15, 0.2) is 6.61 Å². The number of rotatable bonds is 5. The molecule has 158 valence electrons. The molecule has 0 unspecified atom stereocenters. The Hall–Kier alpha value is -2.36. The predicted molar refractivity (Wildman–Crippen MR) is 113 cm³/mol. The van der Waals surface area contributed by atoms with Crippen LogP contribution in [-0.4, -0.2) is 60.3 Å². The number of fused-ring (bicyclic) bond motifs is 1. The molecule has 0 aromatic heterocycles. The van der Waals surface area contributed by atoms with Gasteiger partial charge in [0.25, 0.3) is 5.91 Å². The zero-order valence-electron chi connectivity index (χ0n) is 16.3. The molecular formula is C21H22N2O5S2. The van der Waals surface area contributed by atoms with Crippen molar-refractivity contribution in [2.45, 2.75) is 23.9 Å². The molecule has 1 amide bonds. The van der Waals surface area contributed by atoms with Crippen LogP contribution < -0.4 is 0 Å². The number of carbonyl (C=O) groups is 2. The highest BCUT2D eigenvalue weighted by atomic mass is 32.2. The van der Waals surface area contributed by atoms with Crippen LogP contribution in [0.2, 0.25) is 0 Å². The molecule has 0 bridgehead atoms. The van der Waals surface area contributed by atoms with Crippen molar-refractivity contribution in [3.8, 4) is 0 Å². The molecule has 9 heteroatoms. The molecule has 0 radical (unpaired) electrons. The van der Waals surface area contributed by atoms with Crippen molar-refractivity contribution >= 4 is 33.7 Å². The summed E-state index contributed by atoms with van der Waals surface area (Å²) in [6.45, 7) is 0.670. The summed E-state index contributed by atoms with van der Waals surface area (Å²) in [6.07, 6.45) is 0.762. The smallest absolute Gasteiger partial charge is 0.325 e. The van der Waals surface area contributed by atoms with Crippen LogP contribution in [0.1, 0.15) is 11.1 Å². The lowest BCUT2D eigenvalue weighted by Crippen LogP contribution is -2.44. The van der Waals surface area contributed by atoms with Crippen molar-refractivity contribution in [1.82, 2.24) is 9.21 Å². The molecule has 0 N–H and O–H groups in total. The van der Waals surface area contributed by atoms with Crippen LogP contribution in [0.25, 0.3) is 0 Å². The quantitative estimate of drug-likeness (QED) is 0.652. The Balaban J connectivity index is 1.37. The van der Waals surface area contributed by atoms with Gasteiger partial charge < -0.3 is 9.64 Å². The molecule has 0 spiro atoms. The first-order valence-electron chi connectivity index (χ1n) is 9.62. The second-order valence-corrected chi connectivity index (χ2v) is 10.1. The van der Waals surface area contributed by atoms with Crippen LogP contribution in [0.4, 0.5) is 0 Å². The molecular weight excluding hydrogens is 424 g/mol. The average molecular weight is 447 g/mol. The summed E-state index contributed by atoms with van der Waals surface area (Å²) in [6, 6.07) is 15.0. The number of hydrogen-bond acceptors (Lipinski definition) is 6.